The first-order valence-corrected chi connectivity index (χ1v) is 3.55. The number of alkyl halides is 1. The van der Waals surface area contributed by atoms with Crippen molar-refractivity contribution in [2.45, 2.75) is 24.8 Å². The van der Waals surface area contributed by atoms with Gasteiger partial charge in [0.05, 0.1) is 6.10 Å². The van der Waals surface area contributed by atoms with Crippen LogP contribution in [0.3, 0.4) is 0 Å². The van der Waals surface area contributed by atoms with Crippen molar-refractivity contribution in [3.63, 3.8) is 0 Å². The normalized spacial score (nSPS) is 19.0. The summed E-state index contributed by atoms with van der Waals surface area (Å²) in [4.78, 5) is 0.152. The van der Waals surface area contributed by atoms with E-state index in [9.17, 15) is 0 Å². The molecule has 0 heterocycles. The fourth-order valence-electron chi connectivity index (χ4n) is 0.350. The van der Waals surface area contributed by atoms with Crippen LogP contribution in [-0.4, -0.2) is 16.0 Å². The average molecular weight is 179 g/mol. The molecule has 0 aliphatic carbocycles. The minimum atomic E-state index is -0.347. The minimum Gasteiger partial charge on any atom is -0.388 e. The van der Waals surface area contributed by atoms with Crippen LogP contribution in [0.15, 0.2) is 12.2 Å². The summed E-state index contributed by atoms with van der Waals surface area (Å²) in [5, 5.41) is 8.99. The SMILES string of the molecule is C/C=C/[C@@H](O)[C@H](C)Br. The zero-order chi connectivity index (χ0) is 6.57. The van der Waals surface area contributed by atoms with Gasteiger partial charge in [-0.05, 0) is 13.8 Å². The first kappa shape index (κ1) is 8.18. The van der Waals surface area contributed by atoms with Crippen LogP contribution in [0.1, 0.15) is 13.8 Å². The maximum absolute atomic E-state index is 8.99. The summed E-state index contributed by atoms with van der Waals surface area (Å²) in [6, 6.07) is 0. The van der Waals surface area contributed by atoms with Gasteiger partial charge < -0.3 is 5.11 Å². The molecule has 0 spiro atoms. The molecule has 1 N–H and O–H groups in total. The molecule has 0 aromatic rings. The van der Waals surface area contributed by atoms with Crippen LogP contribution in [-0.2, 0) is 0 Å². The summed E-state index contributed by atoms with van der Waals surface area (Å²) < 4.78 is 0. The molecule has 0 aromatic heterocycles. The van der Waals surface area contributed by atoms with Crippen LogP contribution in [0, 0.1) is 0 Å². The van der Waals surface area contributed by atoms with Gasteiger partial charge in [0.25, 0.3) is 0 Å². The Balaban J connectivity index is 3.47. The third-order valence-corrected chi connectivity index (χ3v) is 1.40. The lowest BCUT2D eigenvalue weighted by atomic mass is 10.2. The second-order valence-electron chi connectivity index (χ2n) is 1.69. The van der Waals surface area contributed by atoms with Crippen LogP contribution in [0.2, 0.25) is 0 Å². The number of hydrogen-bond donors (Lipinski definition) is 1. The van der Waals surface area contributed by atoms with E-state index >= 15 is 0 Å². The van der Waals surface area contributed by atoms with Crippen molar-refractivity contribution < 1.29 is 5.11 Å². The van der Waals surface area contributed by atoms with Crippen LogP contribution < -0.4 is 0 Å². The Labute approximate surface area is 58.5 Å². The van der Waals surface area contributed by atoms with Gasteiger partial charge in [-0.1, -0.05) is 28.1 Å². The predicted octanol–water partition coefficient (Wildman–Crippen LogP) is 1.71. The Hall–Kier alpha value is 0.180. The molecular formula is C6H11BrO. The van der Waals surface area contributed by atoms with Gasteiger partial charge in [-0.15, -0.1) is 0 Å². The van der Waals surface area contributed by atoms with E-state index in [1.165, 1.54) is 0 Å². The summed E-state index contributed by atoms with van der Waals surface area (Å²) in [5.74, 6) is 0. The molecular weight excluding hydrogens is 168 g/mol. The maximum Gasteiger partial charge on any atom is 0.0843 e. The quantitative estimate of drug-likeness (QED) is 0.505. The molecule has 0 rings (SSSR count). The molecule has 0 aromatic carbocycles. The molecule has 0 saturated carbocycles. The number of aliphatic hydroxyl groups excluding tert-OH is 1. The fourth-order valence-corrected chi connectivity index (χ4v) is 0.527. The second kappa shape index (κ2) is 4.10. The van der Waals surface area contributed by atoms with E-state index in [2.05, 4.69) is 15.9 Å². The first-order valence-electron chi connectivity index (χ1n) is 2.63. The van der Waals surface area contributed by atoms with E-state index in [4.69, 9.17) is 5.11 Å². The zero-order valence-electron chi connectivity index (χ0n) is 5.13. The number of halogens is 1. The van der Waals surface area contributed by atoms with Gasteiger partial charge in [0, 0.05) is 4.83 Å². The lowest BCUT2D eigenvalue weighted by Crippen LogP contribution is -2.12. The van der Waals surface area contributed by atoms with Gasteiger partial charge in [-0.3, -0.25) is 0 Å². The third kappa shape index (κ3) is 3.22. The summed E-state index contributed by atoms with van der Waals surface area (Å²) >= 11 is 3.24. The first-order chi connectivity index (χ1) is 3.68. The molecule has 2 heteroatoms. The van der Waals surface area contributed by atoms with Gasteiger partial charge in [0.2, 0.25) is 0 Å². The molecule has 0 fully saturated rings. The summed E-state index contributed by atoms with van der Waals surface area (Å²) in [6.45, 7) is 3.79. The van der Waals surface area contributed by atoms with Crippen LogP contribution >= 0.6 is 15.9 Å². The van der Waals surface area contributed by atoms with Crippen molar-refractivity contribution in [2.24, 2.45) is 0 Å². The smallest absolute Gasteiger partial charge is 0.0843 e. The van der Waals surface area contributed by atoms with Gasteiger partial charge in [-0.25, -0.2) is 0 Å². The van der Waals surface area contributed by atoms with E-state index in [1.807, 2.05) is 19.9 Å². The maximum atomic E-state index is 8.99. The second-order valence-corrected chi connectivity index (χ2v) is 3.14. The number of hydrogen-bond acceptors (Lipinski definition) is 1. The molecule has 0 bridgehead atoms. The zero-order valence-corrected chi connectivity index (χ0v) is 6.72. The summed E-state index contributed by atoms with van der Waals surface area (Å²) in [5.41, 5.74) is 0. The molecule has 0 aliphatic heterocycles. The Morgan fingerprint density at radius 3 is 2.25 bits per heavy atom. The largest absolute Gasteiger partial charge is 0.388 e. The van der Waals surface area contributed by atoms with Crippen molar-refractivity contribution in [2.75, 3.05) is 0 Å². The van der Waals surface area contributed by atoms with Crippen LogP contribution in [0.25, 0.3) is 0 Å². The lowest BCUT2D eigenvalue weighted by molar-refractivity contribution is 0.226. The minimum absolute atomic E-state index is 0.152. The highest BCUT2D eigenvalue weighted by atomic mass is 79.9. The third-order valence-electron chi connectivity index (χ3n) is 0.860. The monoisotopic (exact) mass is 178 g/mol. The topological polar surface area (TPSA) is 20.2 Å². The lowest BCUT2D eigenvalue weighted by Gasteiger charge is -2.05. The molecule has 0 amide bonds. The number of allylic oxidation sites excluding steroid dienone is 1. The Kier molecular flexibility index (Phi) is 4.19. The van der Waals surface area contributed by atoms with Crippen molar-refractivity contribution in [3.8, 4) is 0 Å². The highest BCUT2D eigenvalue weighted by molar-refractivity contribution is 9.09. The van der Waals surface area contributed by atoms with E-state index in [0.717, 1.165) is 0 Å². The van der Waals surface area contributed by atoms with Crippen molar-refractivity contribution in [1.29, 1.82) is 0 Å². The van der Waals surface area contributed by atoms with Gasteiger partial charge in [-0.2, -0.15) is 0 Å². The van der Waals surface area contributed by atoms with Crippen molar-refractivity contribution in [1.82, 2.24) is 0 Å². The number of rotatable bonds is 2. The number of aliphatic hydroxyl groups is 1. The van der Waals surface area contributed by atoms with Gasteiger partial charge in [0.15, 0.2) is 0 Å². The van der Waals surface area contributed by atoms with Crippen molar-refractivity contribution >= 4 is 15.9 Å². The highest BCUT2D eigenvalue weighted by Gasteiger charge is 2.03. The van der Waals surface area contributed by atoms with Crippen LogP contribution in [0.5, 0.6) is 0 Å². The molecule has 1 nitrogen and oxygen atoms in total. The molecule has 0 unspecified atom stereocenters. The molecule has 0 radical (unpaired) electrons. The van der Waals surface area contributed by atoms with E-state index in [0.29, 0.717) is 0 Å². The molecule has 48 valence electrons. The Morgan fingerprint density at radius 2 is 2.12 bits per heavy atom. The van der Waals surface area contributed by atoms with Crippen LogP contribution in [0.4, 0.5) is 0 Å². The summed E-state index contributed by atoms with van der Waals surface area (Å²) in [6.07, 6.45) is 3.24. The molecule has 0 aliphatic rings. The van der Waals surface area contributed by atoms with Gasteiger partial charge >= 0.3 is 0 Å². The Bertz CT molecular complexity index is 78.6. The highest BCUT2D eigenvalue weighted by Crippen LogP contribution is 2.04. The van der Waals surface area contributed by atoms with E-state index < -0.39 is 0 Å². The molecule has 2 atom stereocenters. The average Bonchev–Trinajstić information content (AvgIpc) is 1.67. The van der Waals surface area contributed by atoms with Crippen molar-refractivity contribution in [3.05, 3.63) is 12.2 Å². The summed E-state index contributed by atoms with van der Waals surface area (Å²) in [7, 11) is 0. The van der Waals surface area contributed by atoms with E-state index in [1.54, 1.807) is 6.08 Å². The Morgan fingerprint density at radius 1 is 1.62 bits per heavy atom. The standard InChI is InChI=1S/C6H11BrO/c1-3-4-6(8)5(2)7/h3-6,8H,1-2H3/b4-3+/t5-,6+/m0/s1. The van der Waals surface area contributed by atoms with E-state index in [-0.39, 0.29) is 10.9 Å². The van der Waals surface area contributed by atoms with Gasteiger partial charge in [0.1, 0.15) is 0 Å². The molecule has 8 heavy (non-hydrogen) atoms. The molecule has 0 saturated heterocycles. The predicted molar refractivity (Wildman–Crippen MR) is 39.2 cm³/mol. The fraction of sp³-hybridized carbons (Fsp3) is 0.667.